The van der Waals surface area contributed by atoms with Gasteiger partial charge in [-0.05, 0) is 30.3 Å². The Balaban J connectivity index is 1.63. The molecule has 0 radical (unpaired) electrons. The molecular formula is C23H22F3N5O2. The van der Waals surface area contributed by atoms with Gasteiger partial charge in [0.25, 0.3) is 5.91 Å². The average molecular weight is 457 g/mol. The maximum Gasteiger partial charge on any atom is 0.274 e. The minimum atomic E-state index is -0.994. The number of carbonyl (C=O) groups excluding carboxylic acids is 1. The maximum absolute atomic E-state index is 14.3. The molecule has 4 N–H and O–H groups in total. The van der Waals surface area contributed by atoms with Gasteiger partial charge in [-0.2, -0.15) is 0 Å². The molecule has 1 aliphatic heterocycles. The van der Waals surface area contributed by atoms with Crippen LogP contribution in [0, 0.1) is 23.4 Å². The largest absolute Gasteiger partial charge is 0.391 e. The van der Waals surface area contributed by atoms with E-state index in [0.717, 1.165) is 30.3 Å². The lowest BCUT2D eigenvalue weighted by Crippen LogP contribution is -2.55. The first kappa shape index (κ1) is 22.7. The summed E-state index contributed by atoms with van der Waals surface area (Å²) in [5, 5.41) is 12.8. The molecule has 0 aliphatic carbocycles. The molecule has 0 spiro atoms. The quantitative estimate of drug-likeness (QED) is 0.557. The molecule has 1 aliphatic rings. The molecule has 3 aromatic rings. The Morgan fingerprint density at radius 3 is 2.55 bits per heavy atom. The molecule has 0 saturated carbocycles. The third kappa shape index (κ3) is 4.53. The number of nitrogens with one attached hydrogen (secondary N) is 1. The molecule has 3 atom stereocenters. The third-order valence-electron chi connectivity index (χ3n) is 5.63. The number of halogens is 3. The molecule has 7 nitrogen and oxygen atoms in total. The molecule has 1 fully saturated rings. The fourth-order valence-corrected chi connectivity index (χ4v) is 3.92. The minimum Gasteiger partial charge on any atom is -0.391 e. The lowest BCUT2D eigenvalue weighted by Gasteiger charge is -2.40. The highest BCUT2D eigenvalue weighted by molar-refractivity contribution is 6.04. The zero-order chi connectivity index (χ0) is 23.7. The molecular weight excluding hydrogens is 435 g/mol. The number of rotatable bonds is 4. The van der Waals surface area contributed by atoms with E-state index in [0.29, 0.717) is 24.5 Å². The summed E-state index contributed by atoms with van der Waals surface area (Å²) in [6, 6.07) is 6.40. The van der Waals surface area contributed by atoms with Crippen molar-refractivity contribution in [3.05, 3.63) is 71.9 Å². The molecule has 0 bridgehead atoms. The first-order valence-corrected chi connectivity index (χ1v) is 10.3. The molecule has 2 aromatic heterocycles. The number of benzene rings is 1. The van der Waals surface area contributed by atoms with E-state index >= 15 is 0 Å². The van der Waals surface area contributed by atoms with Gasteiger partial charge in [0.1, 0.15) is 28.8 Å². The van der Waals surface area contributed by atoms with Crippen LogP contribution in [0.25, 0.3) is 11.3 Å². The van der Waals surface area contributed by atoms with Gasteiger partial charge < -0.3 is 21.1 Å². The van der Waals surface area contributed by atoms with Gasteiger partial charge in [0.2, 0.25) is 0 Å². The van der Waals surface area contributed by atoms with Crippen LogP contribution in [-0.4, -0.2) is 46.2 Å². The van der Waals surface area contributed by atoms with Gasteiger partial charge in [0, 0.05) is 31.2 Å². The van der Waals surface area contributed by atoms with Gasteiger partial charge in [-0.25, -0.2) is 18.2 Å². The second-order valence-electron chi connectivity index (χ2n) is 8.01. The Morgan fingerprint density at radius 1 is 1.12 bits per heavy atom. The van der Waals surface area contributed by atoms with Gasteiger partial charge in [-0.3, -0.25) is 9.78 Å². The van der Waals surface area contributed by atoms with Crippen LogP contribution < -0.4 is 16.0 Å². The fourth-order valence-electron chi connectivity index (χ4n) is 3.92. The summed E-state index contributed by atoms with van der Waals surface area (Å²) in [5.74, 6) is -3.76. The van der Waals surface area contributed by atoms with Crippen LogP contribution in [-0.2, 0) is 0 Å². The number of amides is 1. The molecule has 1 amide bonds. The highest BCUT2D eigenvalue weighted by atomic mass is 19.1. The molecule has 0 unspecified atom stereocenters. The number of aromatic nitrogens is 2. The molecule has 3 heterocycles. The Bertz CT molecular complexity index is 1160. The number of nitrogens with zero attached hydrogens (tertiary/aromatic N) is 3. The zero-order valence-electron chi connectivity index (χ0n) is 17.7. The standard InChI is InChI=1S/C23H22F3N5O2/c1-12-10-31(11-16(27)22(12)32)19-7-8-28-9-18(19)30-23(33)17-6-5-15(26)21(29-17)20-13(24)3-2-4-14(20)25/h2-9,12,16,22,32H,10-11,27H2,1H3,(H,30,33)/t12-,16+,22+/m1/s1. The summed E-state index contributed by atoms with van der Waals surface area (Å²) in [4.78, 5) is 22.8. The van der Waals surface area contributed by atoms with E-state index in [1.165, 1.54) is 6.20 Å². The third-order valence-corrected chi connectivity index (χ3v) is 5.63. The van der Waals surface area contributed by atoms with Crippen molar-refractivity contribution < 1.29 is 23.1 Å². The normalized spacial score (nSPS) is 20.5. The predicted octanol–water partition coefficient (Wildman–Crippen LogP) is 2.96. The van der Waals surface area contributed by atoms with Crippen LogP contribution in [0.15, 0.2) is 48.8 Å². The van der Waals surface area contributed by atoms with Crippen molar-refractivity contribution in [2.45, 2.75) is 19.1 Å². The number of hydrogen-bond acceptors (Lipinski definition) is 6. The number of aliphatic hydroxyl groups is 1. The van der Waals surface area contributed by atoms with Crippen molar-refractivity contribution >= 4 is 17.3 Å². The van der Waals surface area contributed by atoms with Crippen molar-refractivity contribution in [1.82, 2.24) is 9.97 Å². The van der Waals surface area contributed by atoms with E-state index in [-0.39, 0.29) is 11.6 Å². The van der Waals surface area contributed by atoms with Gasteiger partial charge in [0.05, 0.1) is 29.2 Å². The number of piperidine rings is 1. The first-order valence-electron chi connectivity index (χ1n) is 10.3. The number of pyridine rings is 2. The smallest absolute Gasteiger partial charge is 0.274 e. The van der Waals surface area contributed by atoms with E-state index in [1.54, 1.807) is 12.3 Å². The van der Waals surface area contributed by atoms with Crippen LogP contribution >= 0.6 is 0 Å². The summed E-state index contributed by atoms with van der Waals surface area (Å²) in [6.45, 7) is 2.75. The lowest BCUT2D eigenvalue weighted by molar-refractivity contribution is 0.0785. The van der Waals surface area contributed by atoms with Crippen LogP contribution in [0.3, 0.4) is 0 Å². The fraction of sp³-hybridized carbons (Fsp3) is 0.261. The van der Waals surface area contributed by atoms with Gasteiger partial charge in [-0.1, -0.05) is 13.0 Å². The number of hydrogen-bond donors (Lipinski definition) is 3. The Labute approximate surface area is 188 Å². The highest BCUT2D eigenvalue weighted by Gasteiger charge is 2.32. The SMILES string of the molecule is C[C@@H]1CN(c2ccncc2NC(=O)c2ccc(F)c(-c3c(F)cccc3F)n2)C[C@H](N)[C@H]1O. The second kappa shape index (κ2) is 9.16. The summed E-state index contributed by atoms with van der Waals surface area (Å²) >= 11 is 0. The van der Waals surface area contributed by atoms with Gasteiger partial charge in [0.15, 0.2) is 0 Å². The second-order valence-corrected chi connectivity index (χ2v) is 8.01. The summed E-state index contributed by atoms with van der Waals surface area (Å²) in [5.41, 5.74) is 5.55. The molecule has 10 heteroatoms. The summed E-state index contributed by atoms with van der Waals surface area (Å²) in [7, 11) is 0. The molecule has 1 saturated heterocycles. The van der Waals surface area contributed by atoms with Crippen LogP contribution in [0.4, 0.5) is 24.5 Å². The Hall–Kier alpha value is -3.50. The van der Waals surface area contributed by atoms with E-state index in [9.17, 15) is 23.1 Å². The van der Waals surface area contributed by atoms with Gasteiger partial charge in [-0.15, -0.1) is 0 Å². The number of carbonyl (C=O) groups is 1. The maximum atomic E-state index is 14.3. The number of anilines is 2. The van der Waals surface area contributed by atoms with E-state index in [1.807, 2.05) is 11.8 Å². The van der Waals surface area contributed by atoms with Crippen LogP contribution in [0.5, 0.6) is 0 Å². The predicted molar refractivity (Wildman–Crippen MR) is 117 cm³/mol. The van der Waals surface area contributed by atoms with Crippen LogP contribution in [0.1, 0.15) is 17.4 Å². The van der Waals surface area contributed by atoms with Crippen molar-refractivity contribution in [2.75, 3.05) is 23.3 Å². The van der Waals surface area contributed by atoms with E-state index in [4.69, 9.17) is 5.73 Å². The minimum absolute atomic E-state index is 0.0949. The molecule has 33 heavy (non-hydrogen) atoms. The van der Waals surface area contributed by atoms with Gasteiger partial charge >= 0.3 is 0 Å². The summed E-state index contributed by atoms with van der Waals surface area (Å²) in [6.07, 6.45) is 2.36. The highest BCUT2D eigenvalue weighted by Crippen LogP contribution is 2.30. The average Bonchev–Trinajstić information content (AvgIpc) is 2.78. The van der Waals surface area contributed by atoms with E-state index < -0.39 is 46.8 Å². The number of aliphatic hydroxyl groups excluding tert-OH is 1. The van der Waals surface area contributed by atoms with Crippen LogP contribution in [0.2, 0.25) is 0 Å². The molecule has 1 aromatic carbocycles. The molecule has 4 rings (SSSR count). The Kier molecular flexibility index (Phi) is 6.30. The van der Waals surface area contributed by atoms with Crippen molar-refractivity contribution in [2.24, 2.45) is 11.7 Å². The first-order chi connectivity index (χ1) is 15.8. The lowest BCUT2D eigenvalue weighted by atomic mass is 9.92. The zero-order valence-corrected chi connectivity index (χ0v) is 17.7. The van der Waals surface area contributed by atoms with Crippen molar-refractivity contribution in [3.63, 3.8) is 0 Å². The Morgan fingerprint density at radius 2 is 1.85 bits per heavy atom. The monoisotopic (exact) mass is 457 g/mol. The summed E-state index contributed by atoms with van der Waals surface area (Å²) < 4.78 is 42.7. The van der Waals surface area contributed by atoms with E-state index in [2.05, 4.69) is 15.3 Å². The topological polar surface area (TPSA) is 104 Å². The number of nitrogens with two attached hydrogens (primary N) is 1. The van der Waals surface area contributed by atoms with Crippen molar-refractivity contribution in [1.29, 1.82) is 0 Å². The molecule has 172 valence electrons. The van der Waals surface area contributed by atoms with Crippen molar-refractivity contribution in [3.8, 4) is 11.3 Å².